The molecule has 1 saturated carbocycles. The van der Waals surface area contributed by atoms with Crippen LogP contribution in [0.15, 0.2) is 58.3 Å². The first-order valence-corrected chi connectivity index (χ1v) is 14.8. The lowest BCUT2D eigenvalue weighted by Gasteiger charge is -2.16. The number of halogens is 2. The molecule has 1 fully saturated rings. The molecule has 0 saturated heterocycles. The van der Waals surface area contributed by atoms with Gasteiger partial charge in [0.2, 0.25) is 5.95 Å². The van der Waals surface area contributed by atoms with E-state index in [0.29, 0.717) is 30.5 Å². The molecule has 0 radical (unpaired) electrons. The van der Waals surface area contributed by atoms with E-state index in [1.807, 2.05) is 19.1 Å². The SMILES string of the molecule is CCC(=O)CCC1CCCC(c2ccc(Nc3ncc4c(=O)n(-c5c(Cl)cccc5Cl)c(=O)n(C)c4n3)cc2)CC1. The van der Waals surface area contributed by atoms with Crippen molar-refractivity contribution in [3.05, 3.63) is 85.1 Å². The number of Topliss-reactive ketones (excluding diaryl/α,β-unsaturated/α-hetero) is 1. The maximum absolute atomic E-state index is 13.3. The molecule has 2 heterocycles. The molecule has 1 aliphatic carbocycles. The van der Waals surface area contributed by atoms with E-state index in [1.54, 1.807) is 18.2 Å². The summed E-state index contributed by atoms with van der Waals surface area (Å²) in [6, 6.07) is 13.1. The molecule has 0 spiro atoms. The Balaban J connectivity index is 1.33. The number of carbonyl (C=O) groups is 1. The zero-order valence-electron chi connectivity index (χ0n) is 23.2. The summed E-state index contributed by atoms with van der Waals surface area (Å²) in [5, 5.41) is 3.72. The number of hydrogen-bond acceptors (Lipinski definition) is 6. The van der Waals surface area contributed by atoms with Crippen LogP contribution in [-0.2, 0) is 11.8 Å². The van der Waals surface area contributed by atoms with Gasteiger partial charge in [-0.2, -0.15) is 4.98 Å². The Bertz CT molecular complexity index is 1680. The van der Waals surface area contributed by atoms with Crippen LogP contribution in [0.1, 0.15) is 69.8 Å². The van der Waals surface area contributed by atoms with Gasteiger partial charge in [0.1, 0.15) is 11.2 Å². The van der Waals surface area contributed by atoms with Gasteiger partial charge < -0.3 is 5.32 Å². The number of aromatic nitrogens is 4. The Morgan fingerprint density at radius 3 is 2.46 bits per heavy atom. The third-order valence-electron chi connectivity index (χ3n) is 8.11. The molecule has 1 aliphatic rings. The summed E-state index contributed by atoms with van der Waals surface area (Å²) in [4.78, 5) is 47.1. The second kappa shape index (κ2) is 12.6. The number of benzene rings is 2. The van der Waals surface area contributed by atoms with E-state index in [1.165, 1.54) is 36.2 Å². The van der Waals surface area contributed by atoms with Crippen molar-refractivity contribution in [3.8, 4) is 5.69 Å². The number of para-hydroxylation sites is 1. The first-order valence-electron chi connectivity index (χ1n) is 14.1. The van der Waals surface area contributed by atoms with E-state index >= 15 is 0 Å². The van der Waals surface area contributed by atoms with Crippen LogP contribution >= 0.6 is 23.2 Å². The molecule has 5 rings (SSSR count). The van der Waals surface area contributed by atoms with Crippen molar-refractivity contribution in [2.24, 2.45) is 13.0 Å². The maximum Gasteiger partial charge on any atom is 0.337 e. The highest BCUT2D eigenvalue weighted by molar-refractivity contribution is 6.37. The molecule has 0 aliphatic heterocycles. The number of nitrogens with zero attached hydrogens (tertiary/aromatic N) is 4. The van der Waals surface area contributed by atoms with Crippen molar-refractivity contribution in [2.75, 3.05) is 5.32 Å². The van der Waals surface area contributed by atoms with Crippen LogP contribution in [0.2, 0.25) is 10.0 Å². The average molecular weight is 595 g/mol. The van der Waals surface area contributed by atoms with Crippen molar-refractivity contribution >= 4 is 51.7 Å². The lowest BCUT2D eigenvalue weighted by atomic mass is 9.90. The molecule has 2 aromatic heterocycles. The van der Waals surface area contributed by atoms with Gasteiger partial charge in [-0.1, -0.05) is 61.2 Å². The average Bonchev–Trinajstić information content (AvgIpc) is 3.22. The van der Waals surface area contributed by atoms with Crippen LogP contribution in [0, 0.1) is 5.92 Å². The number of rotatable bonds is 8. The van der Waals surface area contributed by atoms with E-state index in [-0.39, 0.29) is 32.7 Å². The molecule has 214 valence electrons. The largest absolute Gasteiger partial charge is 0.337 e. The maximum atomic E-state index is 13.3. The smallest absolute Gasteiger partial charge is 0.324 e. The van der Waals surface area contributed by atoms with Crippen LogP contribution in [0.25, 0.3) is 16.7 Å². The van der Waals surface area contributed by atoms with E-state index in [4.69, 9.17) is 23.2 Å². The zero-order valence-corrected chi connectivity index (χ0v) is 24.7. The fourth-order valence-corrected chi connectivity index (χ4v) is 6.26. The van der Waals surface area contributed by atoms with E-state index in [2.05, 4.69) is 27.4 Å². The summed E-state index contributed by atoms with van der Waals surface area (Å²) >= 11 is 12.6. The first-order chi connectivity index (χ1) is 19.8. The van der Waals surface area contributed by atoms with Gasteiger partial charge in [0.05, 0.1) is 15.7 Å². The molecule has 2 atom stereocenters. The minimum Gasteiger partial charge on any atom is -0.324 e. The van der Waals surface area contributed by atoms with Crippen molar-refractivity contribution in [3.63, 3.8) is 0 Å². The first kappa shape index (κ1) is 29.0. The third kappa shape index (κ3) is 6.23. The van der Waals surface area contributed by atoms with Gasteiger partial charge in [0.15, 0.2) is 5.65 Å². The topological polar surface area (TPSA) is 98.9 Å². The molecule has 10 heteroatoms. The number of nitrogens with one attached hydrogen (secondary N) is 1. The molecular weight excluding hydrogens is 561 g/mol. The number of ketones is 1. The molecule has 8 nitrogen and oxygen atoms in total. The van der Waals surface area contributed by atoms with Gasteiger partial charge in [0, 0.05) is 31.8 Å². The highest BCUT2D eigenvalue weighted by Gasteiger charge is 2.21. The number of anilines is 2. The predicted octanol–water partition coefficient (Wildman–Crippen LogP) is 6.95. The molecule has 0 bridgehead atoms. The summed E-state index contributed by atoms with van der Waals surface area (Å²) < 4.78 is 2.23. The van der Waals surface area contributed by atoms with Crippen molar-refractivity contribution in [1.82, 2.24) is 19.1 Å². The van der Waals surface area contributed by atoms with Crippen LogP contribution in [0.3, 0.4) is 0 Å². The number of hydrogen-bond donors (Lipinski definition) is 1. The summed E-state index contributed by atoms with van der Waals surface area (Å²) in [6.07, 6.45) is 9.60. The molecule has 1 N–H and O–H groups in total. The Hall–Kier alpha value is -3.49. The van der Waals surface area contributed by atoms with Crippen molar-refractivity contribution < 1.29 is 4.79 Å². The van der Waals surface area contributed by atoms with Gasteiger partial charge in [-0.25, -0.2) is 14.3 Å². The summed E-state index contributed by atoms with van der Waals surface area (Å²) in [5.41, 5.74) is 1.22. The van der Waals surface area contributed by atoms with Gasteiger partial charge in [-0.15, -0.1) is 0 Å². The molecule has 4 aromatic rings. The summed E-state index contributed by atoms with van der Waals surface area (Å²) in [7, 11) is 1.54. The van der Waals surface area contributed by atoms with Crippen LogP contribution in [-0.4, -0.2) is 24.9 Å². The highest BCUT2D eigenvalue weighted by Crippen LogP contribution is 2.36. The van der Waals surface area contributed by atoms with Gasteiger partial charge in [0.25, 0.3) is 5.56 Å². The van der Waals surface area contributed by atoms with E-state index in [9.17, 15) is 14.4 Å². The monoisotopic (exact) mass is 593 g/mol. The number of fused-ring (bicyclic) bond motifs is 1. The third-order valence-corrected chi connectivity index (χ3v) is 8.72. The quantitative estimate of drug-likeness (QED) is 0.222. The Labute approximate surface area is 248 Å². The van der Waals surface area contributed by atoms with Gasteiger partial charge >= 0.3 is 5.69 Å². The second-order valence-electron chi connectivity index (χ2n) is 10.7. The Kier molecular flexibility index (Phi) is 8.90. The number of aryl methyl sites for hydroxylation is 1. The molecule has 0 amide bonds. The fraction of sp³-hybridized carbons (Fsp3) is 0.387. The highest BCUT2D eigenvalue weighted by atomic mass is 35.5. The normalized spacial score (nSPS) is 17.4. The zero-order chi connectivity index (χ0) is 29.1. The lowest BCUT2D eigenvalue weighted by Crippen LogP contribution is -2.38. The minimum absolute atomic E-state index is 0.126. The lowest BCUT2D eigenvalue weighted by molar-refractivity contribution is -0.119. The van der Waals surface area contributed by atoms with Crippen molar-refractivity contribution in [2.45, 2.75) is 64.2 Å². The van der Waals surface area contributed by atoms with E-state index in [0.717, 1.165) is 35.9 Å². The molecule has 2 aromatic carbocycles. The molecular formula is C31H33Cl2N5O3. The number of carbonyl (C=O) groups excluding carboxylic acids is 1. The van der Waals surface area contributed by atoms with Crippen molar-refractivity contribution in [1.29, 1.82) is 0 Å². The fourth-order valence-electron chi connectivity index (χ4n) is 5.70. The standard InChI is InChI=1S/C31H33Cl2N5O3/c1-3-23(39)17-11-19-6-4-7-20(12-10-19)21-13-15-22(16-14-21)35-30-34-18-24-28(36-30)37(2)31(41)38(29(24)40)27-25(32)8-5-9-26(27)33/h5,8-9,13-16,18-20H,3-4,6-7,10-12,17H2,1-2H3,(H,34,35,36). The van der Waals surface area contributed by atoms with Crippen LogP contribution < -0.4 is 16.6 Å². The predicted molar refractivity (Wildman–Crippen MR) is 164 cm³/mol. The van der Waals surface area contributed by atoms with E-state index < -0.39 is 11.2 Å². The molecule has 41 heavy (non-hydrogen) atoms. The van der Waals surface area contributed by atoms with Gasteiger partial charge in [-0.3, -0.25) is 14.2 Å². The minimum atomic E-state index is -0.617. The summed E-state index contributed by atoms with van der Waals surface area (Å²) in [5.74, 6) is 1.79. The van der Waals surface area contributed by atoms with Crippen LogP contribution in [0.5, 0.6) is 0 Å². The Morgan fingerprint density at radius 1 is 1.02 bits per heavy atom. The van der Waals surface area contributed by atoms with Crippen LogP contribution in [0.4, 0.5) is 11.6 Å². The second-order valence-corrected chi connectivity index (χ2v) is 11.5. The summed E-state index contributed by atoms with van der Waals surface area (Å²) in [6.45, 7) is 1.94. The molecule has 2 unspecified atom stereocenters. The Morgan fingerprint density at radius 2 is 1.76 bits per heavy atom. The van der Waals surface area contributed by atoms with Gasteiger partial charge in [-0.05, 0) is 67.3 Å².